The summed E-state index contributed by atoms with van der Waals surface area (Å²) < 4.78 is 0. The lowest BCUT2D eigenvalue weighted by Crippen LogP contribution is -2.15. The second-order valence-electron chi connectivity index (χ2n) is 3.10. The maximum absolute atomic E-state index is 11.3. The number of anilines is 1. The topological polar surface area (TPSA) is 70.7 Å². The molecule has 0 bridgehead atoms. The van der Waals surface area contributed by atoms with Gasteiger partial charge in [-0.25, -0.2) is 5.10 Å². The average molecular weight is 182 g/mol. The summed E-state index contributed by atoms with van der Waals surface area (Å²) >= 11 is 0. The zero-order valence-electron chi connectivity index (χ0n) is 7.87. The molecule has 0 radical (unpaired) electrons. The van der Waals surface area contributed by atoms with Gasteiger partial charge in [-0.3, -0.25) is 10.1 Å². The van der Waals surface area contributed by atoms with E-state index in [9.17, 15) is 4.79 Å². The highest BCUT2D eigenvalue weighted by molar-refractivity contribution is 5.88. The third-order valence-corrected chi connectivity index (χ3v) is 1.90. The highest BCUT2D eigenvalue weighted by atomic mass is 16.1. The van der Waals surface area contributed by atoms with Crippen LogP contribution in [0.15, 0.2) is 6.33 Å². The number of hydrogen-bond acceptors (Lipinski definition) is 3. The Hall–Kier alpha value is -1.39. The summed E-state index contributed by atoms with van der Waals surface area (Å²) in [5.74, 6) is 0.794. The third-order valence-electron chi connectivity index (χ3n) is 1.90. The molecule has 1 rings (SSSR count). The first-order valence-corrected chi connectivity index (χ1v) is 4.37. The van der Waals surface area contributed by atoms with Crippen LogP contribution in [0.2, 0.25) is 0 Å². The first-order chi connectivity index (χ1) is 6.22. The predicted octanol–water partition coefficient (Wildman–Crippen LogP) is 1.18. The molecule has 1 atom stereocenters. The van der Waals surface area contributed by atoms with Gasteiger partial charge in [0.25, 0.3) is 0 Å². The first kappa shape index (κ1) is 9.70. The highest BCUT2D eigenvalue weighted by Crippen LogP contribution is 2.07. The zero-order chi connectivity index (χ0) is 9.68. The summed E-state index contributed by atoms with van der Waals surface area (Å²) in [6, 6.07) is 0. The van der Waals surface area contributed by atoms with E-state index in [1.807, 2.05) is 6.92 Å². The van der Waals surface area contributed by atoms with Gasteiger partial charge >= 0.3 is 0 Å². The van der Waals surface area contributed by atoms with Crippen LogP contribution in [0, 0.1) is 5.92 Å². The smallest absolute Gasteiger partial charge is 0.226 e. The van der Waals surface area contributed by atoms with Gasteiger partial charge in [0.2, 0.25) is 11.9 Å². The van der Waals surface area contributed by atoms with Crippen LogP contribution in [0.25, 0.3) is 0 Å². The Balaban J connectivity index is 2.34. The molecular formula is C8H14N4O. The largest absolute Gasteiger partial charge is 0.295 e. The van der Waals surface area contributed by atoms with Gasteiger partial charge in [0, 0.05) is 6.42 Å². The van der Waals surface area contributed by atoms with E-state index in [0.29, 0.717) is 18.3 Å². The lowest BCUT2D eigenvalue weighted by atomic mass is 10.1. The Bertz CT molecular complexity index is 257. The molecule has 0 aromatic carbocycles. The maximum Gasteiger partial charge on any atom is 0.226 e. The Morgan fingerprint density at radius 2 is 2.54 bits per heavy atom. The molecule has 0 aliphatic rings. The maximum atomic E-state index is 11.3. The molecule has 1 amide bonds. The number of nitrogens with one attached hydrogen (secondary N) is 2. The molecule has 5 heteroatoms. The van der Waals surface area contributed by atoms with Crippen LogP contribution in [-0.2, 0) is 4.79 Å². The second kappa shape index (κ2) is 4.59. The van der Waals surface area contributed by atoms with E-state index in [1.54, 1.807) is 0 Å². The van der Waals surface area contributed by atoms with Gasteiger partial charge in [0.1, 0.15) is 6.33 Å². The van der Waals surface area contributed by atoms with E-state index < -0.39 is 0 Å². The Morgan fingerprint density at radius 1 is 1.77 bits per heavy atom. The average Bonchev–Trinajstić information content (AvgIpc) is 2.56. The quantitative estimate of drug-likeness (QED) is 0.734. The fourth-order valence-electron chi connectivity index (χ4n) is 0.910. The summed E-state index contributed by atoms with van der Waals surface area (Å²) in [5, 5.41) is 8.81. The van der Waals surface area contributed by atoms with Crippen LogP contribution in [-0.4, -0.2) is 21.1 Å². The molecule has 5 nitrogen and oxygen atoms in total. The molecule has 0 aliphatic heterocycles. The molecular weight excluding hydrogens is 168 g/mol. The summed E-state index contributed by atoms with van der Waals surface area (Å²) in [7, 11) is 0. The number of aromatic nitrogens is 3. The van der Waals surface area contributed by atoms with Crippen molar-refractivity contribution in [2.45, 2.75) is 26.7 Å². The molecule has 0 aliphatic carbocycles. The van der Waals surface area contributed by atoms with E-state index in [4.69, 9.17) is 0 Å². The lowest BCUT2D eigenvalue weighted by Gasteiger charge is -2.06. The molecule has 1 heterocycles. The SMILES string of the molecule is CCC(C)CC(=O)Nc1ncn[nH]1. The predicted molar refractivity (Wildman–Crippen MR) is 49.1 cm³/mol. The van der Waals surface area contributed by atoms with Crippen molar-refractivity contribution >= 4 is 11.9 Å². The minimum atomic E-state index is -0.0221. The standard InChI is InChI=1S/C8H14N4O/c1-3-6(2)4-7(13)11-8-9-5-10-12-8/h5-6H,3-4H2,1-2H3,(H2,9,10,11,12,13). The fourth-order valence-corrected chi connectivity index (χ4v) is 0.910. The van der Waals surface area contributed by atoms with Crippen LogP contribution in [0.1, 0.15) is 26.7 Å². The number of carbonyl (C=O) groups is 1. The molecule has 1 aromatic rings. The van der Waals surface area contributed by atoms with Gasteiger partial charge in [0.05, 0.1) is 0 Å². The highest BCUT2D eigenvalue weighted by Gasteiger charge is 2.08. The van der Waals surface area contributed by atoms with Crippen molar-refractivity contribution < 1.29 is 4.79 Å². The van der Waals surface area contributed by atoms with E-state index in [-0.39, 0.29) is 5.91 Å². The Morgan fingerprint density at radius 3 is 3.08 bits per heavy atom. The Kier molecular flexibility index (Phi) is 3.42. The van der Waals surface area contributed by atoms with Crippen LogP contribution in [0.3, 0.4) is 0 Å². The molecule has 0 spiro atoms. The zero-order valence-corrected chi connectivity index (χ0v) is 7.87. The molecule has 1 aromatic heterocycles. The number of H-pyrrole nitrogens is 1. The van der Waals surface area contributed by atoms with Gasteiger partial charge in [0.15, 0.2) is 0 Å². The van der Waals surface area contributed by atoms with Crippen molar-refractivity contribution in [3.63, 3.8) is 0 Å². The van der Waals surface area contributed by atoms with Crippen molar-refractivity contribution in [3.05, 3.63) is 6.33 Å². The summed E-state index contributed by atoms with van der Waals surface area (Å²) in [4.78, 5) is 15.1. The van der Waals surface area contributed by atoms with E-state index in [2.05, 4.69) is 27.4 Å². The number of amides is 1. The molecule has 72 valence electrons. The van der Waals surface area contributed by atoms with Crippen LogP contribution in [0.5, 0.6) is 0 Å². The number of hydrogen-bond donors (Lipinski definition) is 2. The van der Waals surface area contributed by atoms with Gasteiger partial charge < -0.3 is 0 Å². The van der Waals surface area contributed by atoms with Gasteiger partial charge in [-0.1, -0.05) is 20.3 Å². The fraction of sp³-hybridized carbons (Fsp3) is 0.625. The summed E-state index contributed by atoms with van der Waals surface area (Å²) in [6.45, 7) is 4.10. The van der Waals surface area contributed by atoms with Crippen molar-refractivity contribution in [1.29, 1.82) is 0 Å². The number of carbonyl (C=O) groups excluding carboxylic acids is 1. The van der Waals surface area contributed by atoms with E-state index >= 15 is 0 Å². The Labute approximate surface area is 76.9 Å². The minimum Gasteiger partial charge on any atom is -0.295 e. The molecule has 1 unspecified atom stereocenters. The molecule has 2 N–H and O–H groups in total. The van der Waals surface area contributed by atoms with Crippen molar-refractivity contribution in [3.8, 4) is 0 Å². The molecule has 13 heavy (non-hydrogen) atoms. The van der Waals surface area contributed by atoms with Crippen molar-refractivity contribution in [2.75, 3.05) is 5.32 Å². The monoisotopic (exact) mass is 182 g/mol. The number of aromatic amines is 1. The summed E-state index contributed by atoms with van der Waals surface area (Å²) in [5.41, 5.74) is 0. The number of rotatable bonds is 4. The first-order valence-electron chi connectivity index (χ1n) is 4.37. The normalized spacial score (nSPS) is 12.5. The lowest BCUT2D eigenvalue weighted by molar-refractivity contribution is -0.117. The minimum absolute atomic E-state index is 0.0221. The van der Waals surface area contributed by atoms with Crippen LogP contribution < -0.4 is 5.32 Å². The van der Waals surface area contributed by atoms with E-state index in [1.165, 1.54) is 6.33 Å². The van der Waals surface area contributed by atoms with Gasteiger partial charge in [-0.15, -0.1) is 0 Å². The third kappa shape index (κ3) is 3.23. The van der Waals surface area contributed by atoms with E-state index in [0.717, 1.165) is 6.42 Å². The number of nitrogens with zero attached hydrogens (tertiary/aromatic N) is 2. The van der Waals surface area contributed by atoms with Crippen molar-refractivity contribution in [1.82, 2.24) is 15.2 Å². The molecule has 0 saturated heterocycles. The van der Waals surface area contributed by atoms with Crippen molar-refractivity contribution in [2.24, 2.45) is 5.92 Å². The van der Waals surface area contributed by atoms with Crippen LogP contribution >= 0.6 is 0 Å². The van der Waals surface area contributed by atoms with Gasteiger partial charge in [-0.2, -0.15) is 10.1 Å². The second-order valence-corrected chi connectivity index (χ2v) is 3.10. The van der Waals surface area contributed by atoms with Crippen LogP contribution in [0.4, 0.5) is 5.95 Å². The summed E-state index contributed by atoms with van der Waals surface area (Å²) in [6.07, 6.45) is 2.89. The molecule has 0 saturated carbocycles. The van der Waals surface area contributed by atoms with Gasteiger partial charge in [-0.05, 0) is 5.92 Å². The molecule has 0 fully saturated rings.